The first kappa shape index (κ1) is 13.2. The fourth-order valence-electron chi connectivity index (χ4n) is 1.50. The minimum Gasteiger partial charge on any atom is -0.497 e. The van der Waals surface area contributed by atoms with Crippen LogP contribution in [0.15, 0.2) is 36.5 Å². The fraction of sp³-hybridized carbons (Fsp3) is 0.0769. The molecule has 0 radical (unpaired) electrons. The van der Waals surface area contributed by atoms with Gasteiger partial charge in [-0.1, -0.05) is 11.6 Å². The second kappa shape index (κ2) is 5.58. The van der Waals surface area contributed by atoms with Crippen LogP contribution in [0.4, 0.5) is 11.4 Å². The predicted molar refractivity (Wildman–Crippen MR) is 74.6 cm³/mol. The SMILES string of the molecule is COc1ccc(NC(=O)c2cc(N)cnc2Cl)cc1. The van der Waals surface area contributed by atoms with Gasteiger partial charge < -0.3 is 15.8 Å². The van der Waals surface area contributed by atoms with Gasteiger partial charge in [-0.05, 0) is 30.3 Å². The van der Waals surface area contributed by atoms with E-state index in [-0.39, 0.29) is 16.6 Å². The minimum absolute atomic E-state index is 0.111. The number of nitrogens with zero attached hydrogens (tertiary/aromatic N) is 1. The largest absolute Gasteiger partial charge is 0.497 e. The number of pyridine rings is 1. The molecule has 3 N–H and O–H groups in total. The van der Waals surface area contributed by atoms with Gasteiger partial charge in [0.15, 0.2) is 0 Å². The summed E-state index contributed by atoms with van der Waals surface area (Å²) in [7, 11) is 1.58. The Bertz CT molecular complexity index is 599. The van der Waals surface area contributed by atoms with Gasteiger partial charge in [-0.2, -0.15) is 0 Å². The maximum atomic E-state index is 12.0. The molecule has 0 atom stereocenters. The van der Waals surface area contributed by atoms with Crippen molar-refractivity contribution < 1.29 is 9.53 Å². The molecule has 19 heavy (non-hydrogen) atoms. The summed E-state index contributed by atoms with van der Waals surface area (Å²) >= 11 is 5.86. The highest BCUT2D eigenvalue weighted by Gasteiger charge is 2.12. The molecule has 0 bridgehead atoms. The maximum Gasteiger partial charge on any atom is 0.258 e. The molecule has 98 valence electrons. The normalized spacial score (nSPS) is 10.0. The molecule has 6 heteroatoms. The van der Waals surface area contributed by atoms with E-state index in [0.717, 1.165) is 0 Å². The van der Waals surface area contributed by atoms with E-state index in [4.69, 9.17) is 22.1 Å². The molecule has 0 fully saturated rings. The first-order chi connectivity index (χ1) is 9.10. The van der Waals surface area contributed by atoms with E-state index in [0.29, 0.717) is 17.1 Å². The molecule has 1 heterocycles. The van der Waals surface area contributed by atoms with E-state index in [9.17, 15) is 4.79 Å². The number of hydrogen-bond acceptors (Lipinski definition) is 4. The van der Waals surface area contributed by atoms with Crippen molar-refractivity contribution in [2.24, 2.45) is 0 Å². The zero-order valence-electron chi connectivity index (χ0n) is 10.2. The Morgan fingerprint density at radius 2 is 2.05 bits per heavy atom. The molecule has 2 aromatic rings. The van der Waals surface area contributed by atoms with Gasteiger partial charge in [0.05, 0.1) is 24.6 Å². The smallest absolute Gasteiger partial charge is 0.258 e. The van der Waals surface area contributed by atoms with Crippen molar-refractivity contribution in [3.63, 3.8) is 0 Å². The molecule has 0 saturated carbocycles. The van der Waals surface area contributed by atoms with Crippen molar-refractivity contribution in [1.82, 2.24) is 4.98 Å². The van der Waals surface area contributed by atoms with Crippen LogP contribution in [-0.4, -0.2) is 18.0 Å². The molecule has 1 aromatic heterocycles. The van der Waals surface area contributed by atoms with Crippen LogP contribution in [0.5, 0.6) is 5.75 Å². The number of ether oxygens (including phenoxy) is 1. The molecule has 0 unspecified atom stereocenters. The number of nitrogens with one attached hydrogen (secondary N) is 1. The lowest BCUT2D eigenvalue weighted by Crippen LogP contribution is -2.13. The van der Waals surface area contributed by atoms with E-state index >= 15 is 0 Å². The molecule has 0 saturated heterocycles. The van der Waals surface area contributed by atoms with Gasteiger partial charge in [-0.25, -0.2) is 4.98 Å². The summed E-state index contributed by atoms with van der Waals surface area (Å²) in [4.78, 5) is 15.8. The lowest BCUT2D eigenvalue weighted by molar-refractivity contribution is 0.102. The molecular formula is C13H12ClN3O2. The van der Waals surface area contributed by atoms with Gasteiger partial charge in [0.2, 0.25) is 0 Å². The van der Waals surface area contributed by atoms with Crippen LogP contribution in [0.25, 0.3) is 0 Å². The van der Waals surface area contributed by atoms with Crippen LogP contribution < -0.4 is 15.8 Å². The van der Waals surface area contributed by atoms with Gasteiger partial charge in [0.1, 0.15) is 10.9 Å². The second-order valence-corrected chi connectivity index (χ2v) is 4.15. The number of rotatable bonds is 3. The molecule has 1 aromatic carbocycles. The van der Waals surface area contributed by atoms with Crippen LogP contribution >= 0.6 is 11.6 Å². The third-order valence-corrected chi connectivity index (χ3v) is 2.75. The third kappa shape index (κ3) is 3.14. The number of hydrogen-bond donors (Lipinski definition) is 2. The summed E-state index contributed by atoms with van der Waals surface area (Å²) in [6.07, 6.45) is 1.40. The summed E-state index contributed by atoms with van der Waals surface area (Å²) < 4.78 is 5.03. The number of amides is 1. The zero-order chi connectivity index (χ0) is 13.8. The number of methoxy groups -OCH3 is 1. The Kier molecular flexibility index (Phi) is 3.87. The van der Waals surface area contributed by atoms with Crippen LogP contribution in [0, 0.1) is 0 Å². The number of halogens is 1. The van der Waals surface area contributed by atoms with Crippen LogP contribution in [0.2, 0.25) is 5.15 Å². The number of nitrogens with two attached hydrogens (primary N) is 1. The third-order valence-electron chi connectivity index (χ3n) is 2.45. The summed E-state index contributed by atoms with van der Waals surface area (Å²) in [6, 6.07) is 8.42. The Morgan fingerprint density at radius 3 is 2.68 bits per heavy atom. The maximum absolute atomic E-state index is 12.0. The lowest BCUT2D eigenvalue weighted by Gasteiger charge is -2.07. The van der Waals surface area contributed by atoms with Crippen molar-refractivity contribution in [1.29, 1.82) is 0 Å². The van der Waals surface area contributed by atoms with E-state index in [1.54, 1.807) is 31.4 Å². The number of carbonyl (C=O) groups is 1. The first-order valence-electron chi connectivity index (χ1n) is 5.46. The quantitative estimate of drug-likeness (QED) is 0.846. The zero-order valence-corrected chi connectivity index (χ0v) is 10.9. The first-order valence-corrected chi connectivity index (χ1v) is 5.84. The molecule has 0 spiro atoms. The van der Waals surface area contributed by atoms with E-state index in [1.807, 2.05) is 0 Å². The standard InChI is InChI=1S/C13H12ClN3O2/c1-19-10-4-2-9(3-5-10)17-13(18)11-6-8(15)7-16-12(11)14/h2-7H,15H2,1H3,(H,17,18). The lowest BCUT2D eigenvalue weighted by atomic mass is 10.2. The van der Waals surface area contributed by atoms with E-state index in [2.05, 4.69) is 10.3 Å². The number of carbonyl (C=O) groups excluding carboxylic acids is 1. The molecule has 0 aliphatic heterocycles. The van der Waals surface area contributed by atoms with Gasteiger partial charge >= 0.3 is 0 Å². The average molecular weight is 278 g/mol. The Morgan fingerprint density at radius 1 is 1.37 bits per heavy atom. The highest BCUT2D eigenvalue weighted by atomic mass is 35.5. The second-order valence-electron chi connectivity index (χ2n) is 3.79. The van der Waals surface area contributed by atoms with Crippen molar-refractivity contribution >= 4 is 28.9 Å². The van der Waals surface area contributed by atoms with Crippen molar-refractivity contribution in [2.75, 3.05) is 18.2 Å². The number of anilines is 2. The van der Waals surface area contributed by atoms with Gasteiger partial charge in [0, 0.05) is 5.69 Å². The van der Waals surface area contributed by atoms with Gasteiger partial charge in [-0.15, -0.1) is 0 Å². The summed E-state index contributed by atoms with van der Waals surface area (Å²) in [5, 5.41) is 2.81. The molecular weight excluding hydrogens is 266 g/mol. The predicted octanol–water partition coefficient (Wildman–Crippen LogP) is 2.58. The Hall–Kier alpha value is -2.27. The van der Waals surface area contributed by atoms with Crippen molar-refractivity contribution in [2.45, 2.75) is 0 Å². The van der Waals surface area contributed by atoms with E-state index < -0.39 is 0 Å². The average Bonchev–Trinajstić information content (AvgIpc) is 2.42. The van der Waals surface area contributed by atoms with Crippen LogP contribution in [-0.2, 0) is 0 Å². The number of benzene rings is 1. The molecule has 5 nitrogen and oxygen atoms in total. The summed E-state index contributed by atoms with van der Waals surface area (Å²) in [5.41, 5.74) is 6.82. The molecule has 0 aliphatic rings. The molecule has 2 rings (SSSR count). The highest BCUT2D eigenvalue weighted by molar-refractivity contribution is 6.33. The monoisotopic (exact) mass is 277 g/mol. The number of nitrogen functional groups attached to an aromatic ring is 1. The highest BCUT2D eigenvalue weighted by Crippen LogP contribution is 2.19. The van der Waals surface area contributed by atoms with Crippen molar-refractivity contribution in [3.05, 3.63) is 47.2 Å². The van der Waals surface area contributed by atoms with Crippen LogP contribution in [0.1, 0.15) is 10.4 Å². The van der Waals surface area contributed by atoms with Gasteiger partial charge in [0.25, 0.3) is 5.91 Å². The molecule has 0 aliphatic carbocycles. The van der Waals surface area contributed by atoms with E-state index in [1.165, 1.54) is 12.3 Å². The topological polar surface area (TPSA) is 77.2 Å². The summed E-state index contributed by atoms with van der Waals surface area (Å²) in [5.74, 6) is 0.344. The Balaban J connectivity index is 2.18. The Labute approximate surface area is 115 Å². The number of aromatic nitrogens is 1. The fourth-order valence-corrected chi connectivity index (χ4v) is 1.69. The minimum atomic E-state index is -0.366. The van der Waals surface area contributed by atoms with Crippen LogP contribution in [0.3, 0.4) is 0 Å². The molecule has 1 amide bonds. The summed E-state index contributed by atoms with van der Waals surface area (Å²) in [6.45, 7) is 0. The van der Waals surface area contributed by atoms with Gasteiger partial charge in [-0.3, -0.25) is 4.79 Å². The van der Waals surface area contributed by atoms with Crippen molar-refractivity contribution in [3.8, 4) is 5.75 Å².